The maximum atomic E-state index is 12.1. The normalized spacial score (nSPS) is 10.2. The van der Waals surface area contributed by atoms with Crippen LogP contribution in [0, 0.1) is 0 Å². The van der Waals surface area contributed by atoms with Crippen molar-refractivity contribution in [2.24, 2.45) is 0 Å². The highest BCUT2D eigenvalue weighted by molar-refractivity contribution is 6.03. The number of nitrogens with one attached hydrogen (secondary N) is 2. The largest absolute Gasteiger partial charge is 0.496 e. The minimum atomic E-state index is -0.344. The number of carbonyl (C=O) groups is 2. The molecule has 0 unspecified atom stereocenters. The third kappa shape index (κ3) is 6.02. The smallest absolute Gasteiger partial charge is 0.233 e. The molecule has 0 aromatic heterocycles. The first-order valence-electron chi connectivity index (χ1n) is 9.10. The Morgan fingerprint density at radius 3 is 2.26 bits per heavy atom. The van der Waals surface area contributed by atoms with Crippen molar-refractivity contribution in [1.82, 2.24) is 5.32 Å². The number of rotatable bonds is 9. The molecule has 0 spiro atoms. The number of hydrogen-bond donors (Lipinski definition) is 2. The van der Waals surface area contributed by atoms with E-state index in [0.29, 0.717) is 18.0 Å². The van der Waals surface area contributed by atoms with Gasteiger partial charge in [0.15, 0.2) is 0 Å². The third-order valence-electron chi connectivity index (χ3n) is 4.27. The van der Waals surface area contributed by atoms with Crippen LogP contribution in [0.4, 0.5) is 11.4 Å². The number of nitrogens with zero attached hydrogens (tertiary/aromatic N) is 1. The van der Waals surface area contributed by atoms with Gasteiger partial charge in [0.2, 0.25) is 11.8 Å². The lowest BCUT2D eigenvalue weighted by Gasteiger charge is -2.21. The summed E-state index contributed by atoms with van der Waals surface area (Å²) in [6, 6.07) is 15.1. The quantitative estimate of drug-likeness (QED) is 0.666. The zero-order valence-corrected chi connectivity index (χ0v) is 16.1. The van der Waals surface area contributed by atoms with Gasteiger partial charge in [-0.05, 0) is 44.2 Å². The van der Waals surface area contributed by atoms with Crippen LogP contribution in [0.5, 0.6) is 5.75 Å². The van der Waals surface area contributed by atoms with Gasteiger partial charge in [-0.25, -0.2) is 0 Å². The van der Waals surface area contributed by atoms with Gasteiger partial charge < -0.3 is 20.3 Å². The van der Waals surface area contributed by atoms with Gasteiger partial charge in [-0.2, -0.15) is 0 Å². The molecular weight excluding hydrogens is 342 g/mol. The Morgan fingerprint density at radius 2 is 1.63 bits per heavy atom. The van der Waals surface area contributed by atoms with Crippen molar-refractivity contribution >= 4 is 23.2 Å². The second-order valence-corrected chi connectivity index (χ2v) is 6.03. The fourth-order valence-electron chi connectivity index (χ4n) is 2.80. The maximum absolute atomic E-state index is 12.1. The molecular formula is C21H27N3O3. The lowest BCUT2D eigenvalue weighted by molar-refractivity contribution is -0.126. The van der Waals surface area contributed by atoms with Crippen LogP contribution in [0.3, 0.4) is 0 Å². The molecule has 0 heterocycles. The van der Waals surface area contributed by atoms with Crippen molar-refractivity contribution in [3.63, 3.8) is 0 Å². The maximum Gasteiger partial charge on any atom is 0.233 e. The van der Waals surface area contributed by atoms with Crippen LogP contribution in [0.1, 0.15) is 25.8 Å². The predicted molar refractivity (Wildman–Crippen MR) is 108 cm³/mol. The fraction of sp³-hybridized carbons (Fsp3) is 0.333. The summed E-state index contributed by atoms with van der Waals surface area (Å²) in [7, 11) is 1.58. The van der Waals surface area contributed by atoms with E-state index in [1.807, 2.05) is 48.5 Å². The van der Waals surface area contributed by atoms with Crippen molar-refractivity contribution < 1.29 is 14.3 Å². The molecule has 2 rings (SSSR count). The zero-order chi connectivity index (χ0) is 19.6. The molecule has 0 bridgehead atoms. The SMILES string of the molecule is CCN(CC)c1ccc(NC(=O)CC(=O)NCc2ccccc2OC)cc1. The number of methoxy groups -OCH3 is 1. The number of anilines is 2. The summed E-state index contributed by atoms with van der Waals surface area (Å²) < 4.78 is 5.25. The van der Waals surface area contributed by atoms with E-state index in [4.69, 9.17) is 4.74 Å². The number of ether oxygens (including phenoxy) is 1. The minimum absolute atomic E-state index is 0.229. The molecule has 6 nitrogen and oxygen atoms in total. The van der Waals surface area contributed by atoms with Crippen molar-refractivity contribution in [3.05, 3.63) is 54.1 Å². The molecule has 2 amide bonds. The summed E-state index contributed by atoms with van der Waals surface area (Å²) in [5.41, 5.74) is 2.64. The molecule has 2 N–H and O–H groups in total. The molecule has 0 aliphatic heterocycles. The Morgan fingerprint density at radius 1 is 0.963 bits per heavy atom. The lowest BCUT2D eigenvalue weighted by Crippen LogP contribution is -2.28. The Kier molecular flexibility index (Phi) is 7.67. The standard InChI is InChI=1S/C21H27N3O3/c1-4-24(5-2)18-12-10-17(11-13-18)23-21(26)14-20(25)22-15-16-8-6-7-9-19(16)27-3/h6-13H,4-5,14-15H2,1-3H3,(H,22,25)(H,23,26). The number of para-hydroxylation sites is 1. The van der Waals surface area contributed by atoms with Gasteiger partial charge in [0.05, 0.1) is 7.11 Å². The van der Waals surface area contributed by atoms with E-state index >= 15 is 0 Å². The molecule has 27 heavy (non-hydrogen) atoms. The topological polar surface area (TPSA) is 70.7 Å². The highest BCUT2D eigenvalue weighted by Gasteiger charge is 2.11. The second-order valence-electron chi connectivity index (χ2n) is 6.03. The van der Waals surface area contributed by atoms with Gasteiger partial charge in [-0.15, -0.1) is 0 Å². The number of benzene rings is 2. The highest BCUT2D eigenvalue weighted by Crippen LogP contribution is 2.18. The fourth-order valence-corrected chi connectivity index (χ4v) is 2.80. The average Bonchev–Trinajstić information content (AvgIpc) is 2.68. The monoisotopic (exact) mass is 369 g/mol. The molecule has 2 aromatic rings. The zero-order valence-electron chi connectivity index (χ0n) is 16.1. The molecule has 0 atom stereocenters. The Bertz CT molecular complexity index is 756. The second kappa shape index (κ2) is 10.2. The summed E-state index contributed by atoms with van der Waals surface area (Å²) in [6.07, 6.45) is -0.229. The van der Waals surface area contributed by atoms with Crippen molar-refractivity contribution in [2.75, 3.05) is 30.4 Å². The van der Waals surface area contributed by atoms with E-state index in [1.54, 1.807) is 7.11 Å². The van der Waals surface area contributed by atoms with Crippen LogP contribution >= 0.6 is 0 Å². The van der Waals surface area contributed by atoms with E-state index < -0.39 is 0 Å². The molecule has 0 saturated heterocycles. The molecule has 6 heteroatoms. The summed E-state index contributed by atoms with van der Waals surface area (Å²) in [4.78, 5) is 26.3. The first-order valence-corrected chi connectivity index (χ1v) is 9.10. The molecule has 0 saturated carbocycles. The third-order valence-corrected chi connectivity index (χ3v) is 4.27. The minimum Gasteiger partial charge on any atom is -0.496 e. The van der Waals surface area contributed by atoms with E-state index in [0.717, 1.165) is 24.3 Å². The first kappa shape index (κ1) is 20.3. The summed E-state index contributed by atoms with van der Waals surface area (Å²) >= 11 is 0. The van der Waals surface area contributed by atoms with Crippen molar-refractivity contribution in [1.29, 1.82) is 0 Å². The Labute approximate surface area is 160 Å². The molecule has 0 aliphatic rings. The molecule has 144 valence electrons. The summed E-state index contributed by atoms with van der Waals surface area (Å²) in [5.74, 6) is 0.0248. The molecule has 0 radical (unpaired) electrons. The van der Waals surface area contributed by atoms with Crippen LogP contribution in [0.2, 0.25) is 0 Å². The number of hydrogen-bond acceptors (Lipinski definition) is 4. The van der Waals surface area contributed by atoms with Gasteiger partial charge in [0, 0.05) is 36.6 Å². The summed E-state index contributed by atoms with van der Waals surface area (Å²) in [6.45, 7) is 6.36. The van der Waals surface area contributed by atoms with E-state index in [-0.39, 0.29) is 18.2 Å². The first-order chi connectivity index (χ1) is 13.1. The van der Waals surface area contributed by atoms with Crippen molar-refractivity contribution in [3.8, 4) is 5.75 Å². The van der Waals surface area contributed by atoms with Crippen LogP contribution in [-0.2, 0) is 16.1 Å². The van der Waals surface area contributed by atoms with Crippen LogP contribution < -0.4 is 20.3 Å². The van der Waals surface area contributed by atoms with Gasteiger partial charge in [-0.3, -0.25) is 9.59 Å². The van der Waals surface area contributed by atoms with Gasteiger partial charge in [0.25, 0.3) is 0 Å². The van der Waals surface area contributed by atoms with Gasteiger partial charge in [-0.1, -0.05) is 18.2 Å². The average molecular weight is 369 g/mol. The molecule has 0 fully saturated rings. The van der Waals surface area contributed by atoms with Gasteiger partial charge >= 0.3 is 0 Å². The Balaban J connectivity index is 1.83. The number of carbonyl (C=O) groups excluding carboxylic acids is 2. The van der Waals surface area contributed by atoms with Gasteiger partial charge in [0.1, 0.15) is 12.2 Å². The van der Waals surface area contributed by atoms with Crippen LogP contribution in [-0.4, -0.2) is 32.0 Å². The molecule has 0 aliphatic carbocycles. The number of amides is 2. The lowest BCUT2D eigenvalue weighted by atomic mass is 10.2. The van der Waals surface area contributed by atoms with E-state index in [2.05, 4.69) is 29.4 Å². The van der Waals surface area contributed by atoms with E-state index in [9.17, 15) is 9.59 Å². The summed E-state index contributed by atoms with van der Waals surface area (Å²) in [5, 5.41) is 5.50. The van der Waals surface area contributed by atoms with E-state index in [1.165, 1.54) is 0 Å². The highest BCUT2D eigenvalue weighted by atomic mass is 16.5. The van der Waals surface area contributed by atoms with Crippen molar-refractivity contribution in [2.45, 2.75) is 26.8 Å². The van der Waals surface area contributed by atoms with Crippen LogP contribution in [0.15, 0.2) is 48.5 Å². The molecule has 2 aromatic carbocycles. The van der Waals surface area contributed by atoms with Crippen LogP contribution in [0.25, 0.3) is 0 Å². The Hall–Kier alpha value is -3.02. The predicted octanol–water partition coefficient (Wildman–Crippen LogP) is 3.19.